The summed E-state index contributed by atoms with van der Waals surface area (Å²) in [4.78, 5) is 25.6. The van der Waals surface area contributed by atoms with Crippen molar-refractivity contribution in [3.05, 3.63) is 0 Å². The molecule has 0 spiro atoms. The van der Waals surface area contributed by atoms with Crippen LogP contribution in [-0.4, -0.2) is 60.8 Å². The zero-order valence-electron chi connectivity index (χ0n) is 11.5. The quantitative estimate of drug-likeness (QED) is 0.751. The van der Waals surface area contributed by atoms with Crippen LogP contribution in [0.15, 0.2) is 0 Å². The summed E-state index contributed by atoms with van der Waals surface area (Å²) in [6.07, 6.45) is 0.771. The van der Waals surface area contributed by atoms with Gasteiger partial charge in [0, 0.05) is 13.1 Å². The molecule has 6 heteroatoms. The minimum absolute atomic E-state index is 0.0387. The highest BCUT2D eigenvalue weighted by atomic mass is 16.5. The molecular formula is C13H22N2O4. The second-order valence-electron chi connectivity index (χ2n) is 5.67. The summed E-state index contributed by atoms with van der Waals surface area (Å²) in [5.41, 5.74) is -0.467. The van der Waals surface area contributed by atoms with Crippen molar-refractivity contribution in [1.82, 2.24) is 10.2 Å². The maximum atomic E-state index is 12.8. The van der Waals surface area contributed by atoms with E-state index in [0.29, 0.717) is 19.7 Å². The lowest BCUT2D eigenvalue weighted by atomic mass is 9.75. The second-order valence-corrected chi connectivity index (χ2v) is 5.67. The molecule has 6 nitrogen and oxygen atoms in total. The first-order valence-electron chi connectivity index (χ1n) is 6.81. The molecule has 1 amide bonds. The minimum atomic E-state index is -0.988. The van der Waals surface area contributed by atoms with Gasteiger partial charge in [0.05, 0.1) is 18.6 Å². The smallest absolute Gasteiger partial charge is 0.328 e. The van der Waals surface area contributed by atoms with Crippen LogP contribution in [0, 0.1) is 11.3 Å². The number of carbonyl (C=O) groups excluding carboxylic acids is 1. The van der Waals surface area contributed by atoms with Crippen molar-refractivity contribution in [2.45, 2.75) is 26.3 Å². The molecule has 0 aromatic carbocycles. The van der Waals surface area contributed by atoms with Gasteiger partial charge in [0.1, 0.15) is 0 Å². The average Bonchev–Trinajstić information content (AvgIpc) is 2.88. The Balaban J connectivity index is 2.23. The first-order chi connectivity index (χ1) is 8.99. The highest BCUT2D eigenvalue weighted by Crippen LogP contribution is 2.37. The number of ether oxygens (including phenoxy) is 1. The van der Waals surface area contributed by atoms with Crippen molar-refractivity contribution in [2.75, 3.05) is 32.8 Å². The van der Waals surface area contributed by atoms with Gasteiger partial charge in [-0.1, -0.05) is 13.8 Å². The van der Waals surface area contributed by atoms with E-state index in [1.165, 1.54) is 4.90 Å². The number of rotatable bonds is 3. The van der Waals surface area contributed by atoms with Crippen LogP contribution in [0.1, 0.15) is 20.3 Å². The summed E-state index contributed by atoms with van der Waals surface area (Å²) >= 11 is 0. The Bertz CT molecular complexity index is 364. The number of amides is 1. The molecule has 2 aliphatic heterocycles. The molecule has 0 aromatic rings. The van der Waals surface area contributed by atoms with E-state index in [9.17, 15) is 14.7 Å². The molecule has 2 fully saturated rings. The second kappa shape index (κ2) is 5.46. The average molecular weight is 270 g/mol. The van der Waals surface area contributed by atoms with Gasteiger partial charge in [-0.2, -0.15) is 0 Å². The van der Waals surface area contributed by atoms with Gasteiger partial charge in [0.2, 0.25) is 5.91 Å². The van der Waals surface area contributed by atoms with E-state index in [1.807, 2.05) is 13.8 Å². The third-order valence-corrected chi connectivity index (χ3v) is 4.39. The highest BCUT2D eigenvalue weighted by Gasteiger charge is 2.48. The lowest BCUT2D eigenvalue weighted by Crippen LogP contribution is -2.58. The Labute approximate surface area is 113 Å². The van der Waals surface area contributed by atoms with E-state index in [2.05, 4.69) is 5.32 Å². The number of carbonyl (C=O) groups is 2. The molecule has 0 aromatic heterocycles. The summed E-state index contributed by atoms with van der Waals surface area (Å²) in [6, 6.07) is -0.850. The largest absolute Gasteiger partial charge is 0.480 e. The molecule has 0 radical (unpaired) electrons. The normalized spacial score (nSPS) is 31.7. The Morgan fingerprint density at radius 3 is 2.74 bits per heavy atom. The van der Waals surface area contributed by atoms with E-state index in [1.54, 1.807) is 0 Å². The van der Waals surface area contributed by atoms with Crippen LogP contribution in [0.2, 0.25) is 0 Å². The minimum Gasteiger partial charge on any atom is -0.480 e. The number of nitrogens with zero attached hydrogens (tertiary/aromatic N) is 1. The molecule has 2 atom stereocenters. The maximum Gasteiger partial charge on any atom is 0.328 e. The molecule has 2 aliphatic rings. The van der Waals surface area contributed by atoms with Crippen molar-refractivity contribution in [2.24, 2.45) is 11.3 Å². The number of aliphatic carboxylic acids is 1. The van der Waals surface area contributed by atoms with Gasteiger partial charge in [-0.25, -0.2) is 4.79 Å². The molecule has 2 unspecified atom stereocenters. The molecule has 0 aliphatic carbocycles. The van der Waals surface area contributed by atoms with Gasteiger partial charge in [-0.15, -0.1) is 0 Å². The van der Waals surface area contributed by atoms with Gasteiger partial charge in [0.25, 0.3) is 0 Å². The Hall–Kier alpha value is -1.14. The summed E-state index contributed by atoms with van der Waals surface area (Å²) in [5, 5.41) is 12.5. The van der Waals surface area contributed by atoms with Crippen molar-refractivity contribution in [1.29, 1.82) is 0 Å². The van der Waals surface area contributed by atoms with Crippen LogP contribution in [0.4, 0.5) is 0 Å². The molecule has 2 saturated heterocycles. The highest BCUT2D eigenvalue weighted by molar-refractivity contribution is 5.88. The van der Waals surface area contributed by atoms with Crippen molar-refractivity contribution in [3.63, 3.8) is 0 Å². The zero-order valence-corrected chi connectivity index (χ0v) is 11.5. The Morgan fingerprint density at radius 1 is 1.47 bits per heavy atom. The molecule has 0 bridgehead atoms. The maximum absolute atomic E-state index is 12.8. The molecule has 2 heterocycles. The molecule has 2 rings (SSSR count). The SMILES string of the molecule is CC(C)C1(C(=O)N2CCOCC2C(=O)O)CCNC1. The van der Waals surface area contributed by atoms with Gasteiger partial charge in [-0.3, -0.25) is 4.79 Å². The molecule has 108 valence electrons. The molecular weight excluding hydrogens is 248 g/mol. The fourth-order valence-corrected chi connectivity index (χ4v) is 2.97. The molecule has 2 N–H and O–H groups in total. The van der Waals surface area contributed by atoms with E-state index in [0.717, 1.165) is 13.0 Å². The predicted molar refractivity (Wildman–Crippen MR) is 68.7 cm³/mol. The van der Waals surface area contributed by atoms with Gasteiger partial charge < -0.3 is 20.1 Å². The van der Waals surface area contributed by atoms with Crippen molar-refractivity contribution in [3.8, 4) is 0 Å². The van der Waals surface area contributed by atoms with Crippen LogP contribution >= 0.6 is 0 Å². The fourth-order valence-electron chi connectivity index (χ4n) is 2.97. The summed E-state index contributed by atoms with van der Waals surface area (Å²) in [7, 11) is 0. The first-order valence-corrected chi connectivity index (χ1v) is 6.81. The van der Waals surface area contributed by atoms with E-state index < -0.39 is 17.4 Å². The fraction of sp³-hybridized carbons (Fsp3) is 0.846. The lowest BCUT2D eigenvalue weighted by Gasteiger charge is -2.41. The molecule has 0 saturated carbocycles. The summed E-state index contributed by atoms with van der Waals surface area (Å²) in [5.74, 6) is -0.839. The van der Waals surface area contributed by atoms with Gasteiger partial charge in [0.15, 0.2) is 6.04 Å². The van der Waals surface area contributed by atoms with Crippen molar-refractivity contribution >= 4 is 11.9 Å². The first kappa shape index (κ1) is 14.3. The number of carboxylic acid groups (broad SMARTS) is 1. The third-order valence-electron chi connectivity index (χ3n) is 4.39. The van der Waals surface area contributed by atoms with E-state index >= 15 is 0 Å². The van der Waals surface area contributed by atoms with Crippen LogP contribution < -0.4 is 5.32 Å². The number of carboxylic acids is 1. The lowest BCUT2D eigenvalue weighted by molar-refractivity contribution is -0.164. The van der Waals surface area contributed by atoms with E-state index in [4.69, 9.17) is 4.74 Å². The number of morpholine rings is 1. The number of hydrogen-bond donors (Lipinski definition) is 2. The van der Waals surface area contributed by atoms with Crippen LogP contribution in [0.3, 0.4) is 0 Å². The third kappa shape index (κ3) is 2.47. The summed E-state index contributed by atoms with van der Waals surface area (Å²) in [6.45, 7) is 6.37. The molecule has 19 heavy (non-hydrogen) atoms. The zero-order chi connectivity index (χ0) is 14.0. The topological polar surface area (TPSA) is 78.9 Å². The summed E-state index contributed by atoms with van der Waals surface area (Å²) < 4.78 is 5.19. The predicted octanol–water partition coefficient (Wildman–Crippen LogP) is -0.0659. The van der Waals surface area contributed by atoms with Crippen LogP contribution in [0.5, 0.6) is 0 Å². The monoisotopic (exact) mass is 270 g/mol. The number of nitrogens with one attached hydrogen (secondary N) is 1. The van der Waals surface area contributed by atoms with Crippen LogP contribution in [0.25, 0.3) is 0 Å². The Kier molecular flexibility index (Phi) is 4.10. The standard InChI is InChI=1S/C13H22N2O4/c1-9(2)13(3-4-14-8-13)12(18)15-5-6-19-7-10(15)11(16)17/h9-10,14H,3-8H2,1-2H3,(H,16,17). The van der Waals surface area contributed by atoms with Crippen molar-refractivity contribution < 1.29 is 19.4 Å². The van der Waals surface area contributed by atoms with Gasteiger partial charge >= 0.3 is 5.97 Å². The van der Waals surface area contributed by atoms with Crippen LogP contribution in [-0.2, 0) is 14.3 Å². The van der Waals surface area contributed by atoms with Gasteiger partial charge in [-0.05, 0) is 18.9 Å². The number of hydrogen-bond acceptors (Lipinski definition) is 4. The Morgan fingerprint density at radius 2 is 2.21 bits per heavy atom. The van der Waals surface area contributed by atoms with E-state index in [-0.39, 0.29) is 18.4 Å².